The molecule has 4 aromatic carbocycles. The van der Waals surface area contributed by atoms with E-state index in [4.69, 9.17) is 4.74 Å². The number of hydrogen-bond acceptors (Lipinski definition) is 5. The molecule has 1 unspecified atom stereocenters. The van der Waals surface area contributed by atoms with Crippen LogP contribution in [0.5, 0.6) is 0 Å². The van der Waals surface area contributed by atoms with Gasteiger partial charge in [-0.05, 0) is 52.3 Å². The van der Waals surface area contributed by atoms with Crippen molar-refractivity contribution in [1.82, 2.24) is 15.0 Å². The van der Waals surface area contributed by atoms with Crippen molar-refractivity contribution in [1.29, 1.82) is 0 Å². The molecule has 42 heavy (non-hydrogen) atoms. The van der Waals surface area contributed by atoms with Crippen molar-refractivity contribution in [3.05, 3.63) is 144 Å². The Morgan fingerprint density at radius 2 is 1.55 bits per heavy atom. The fourth-order valence-electron chi connectivity index (χ4n) is 6.48. The lowest BCUT2D eigenvalue weighted by molar-refractivity contribution is -0.149. The maximum Gasteiger partial charge on any atom is 0.310 e. The number of imidazole rings is 1. The maximum absolute atomic E-state index is 13.9. The number of H-pyrrole nitrogens is 1. The summed E-state index contributed by atoms with van der Waals surface area (Å²) in [6.07, 6.45) is 5.09. The molecular formula is C36H34N4O2. The molecule has 1 aromatic heterocycles. The average Bonchev–Trinajstić information content (AvgIpc) is 3.63. The van der Waals surface area contributed by atoms with Gasteiger partial charge in [0.1, 0.15) is 6.61 Å². The highest BCUT2D eigenvalue weighted by atomic mass is 16.5. The van der Waals surface area contributed by atoms with E-state index in [-0.39, 0.29) is 17.8 Å². The Labute approximate surface area is 246 Å². The number of hydrogen-bond donors (Lipinski definition) is 1. The molecule has 1 aliphatic heterocycles. The van der Waals surface area contributed by atoms with Crippen LogP contribution in [-0.4, -0.2) is 40.6 Å². The van der Waals surface area contributed by atoms with Crippen molar-refractivity contribution in [2.45, 2.75) is 25.3 Å². The van der Waals surface area contributed by atoms with Gasteiger partial charge in [-0.15, -0.1) is 0 Å². The third-order valence-corrected chi connectivity index (χ3v) is 8.57. The van der Waals surface area contributed by atoms with E-state index in [1.165, 1.54) is 27.8 Å². The van der Waals surface area contributed by atoms with Gasteiger partial charge >= 0.3 is 5.97 Å². The number of anilines is 1. The molecule has 1 aliphatic carbocycles. The molecule has 0 bridgehead atoms. The molecule has 1 atom stereocenters. The van der Waals surface area contributed by atoms with E-state index in [2.05, 4.69) is 117 Å². The monoisotopic (exact) mass is 554 g/mol. The van der Waals surface area contributed by atoms with Crippen LogP contribution in [0.3, 0.4) is 0 Å². The number of nitrogens with one attached hydrogen (secondary N) is 1. The standard InChI is InChI=1S/C36H34N4O2/c41-36(42-24-34-32-15-7-5-13-30(32)31-14-6-8-16-33(31)34)28-20-27-12-4-9-17-35(27)40(23-29-21-37-25-38-29)39(22-28)19-18-26-10-2-1-3-11-26/h1-17,21,25,28,34H,18-20,22-24H2,(H,37,38). The van der Waals surface area contributed by atoms with Gasteiger partial charge in [0, 0.05) is 25.2 Å². The molecule has 1 N–H and O–H groups in total. The van der Waals surface area contributed by atoms with Gasteiger partial charge in [-0.3, -0.25) is 9.80 Å². The van der Waals surface area contributed by atoms with Crippen LogP contribution in [0.15, 0.2) is 116 Å². The Kier molecular flexibility index (Phi) is 7.29. The van der Waals surface area contributed by atoms with Crippen LogP contribution >= 0.6 is 0 Å². The fraction of sp³-hybridized carbons (Fsp3) is 0.222. The third kappa shape index (κ3) is 5.21. The van der Waals surface area contributed by atoms with Crippen molar-refractivity contribution in [3.63, 3.8) is 0 Å². The molecule has 0 amide bonds. The molecule has 0 spiro atoms. The zero-order valence-electron chi connectivity index (χ0n) is 23.5. The van der Waals surface area contributed by atoms with Crippen LogP contribution < -0.4 is 5.01 Å². The largest absolute Gasteiger partial charge is 0.464 e. The highest BCUT2D eigenvalue weighted by molar-refractivity contribution is 5.79. The number of ether oxygens (including phenoxy) is 1. The maximum atomic E-state index is 13.9. The zero-order chi connectivity index (χ0) is 28.3. The van der Waals surface area contributed by atoms with Crippen LogP contribution in [0.1, 0.15) is 33.9 Å². The summed E-state index contributed by atoms with van der Waals surface area (Å²) < 4.78 is 6.20. The van der Waals surface area contributed by atoms with Crippen LogP contribution in [0, 0.1) is 5.92 Å². The molecule has 2 aliphatic rings. The lowest BCUT2D eigenvalue weighted by atomic mass is 9.97. The number of aromatic amines is 1. The highest BCUT2D eigenvalue weighted by Gasteiger charge is 2.34. The van der Waals surface area contributed by atoms with Gasteiger partial charge in [-0.2, -0.15) is 0 Å². The van der Waals surface area contributed by atoms with E-state index in [1.54, 1.807) is 6.33 Å². The lowest BCUT2D eigenvalue weighted by Crippen LogP contribution is -2.46. The number of carbonyl (C=O) groups excluding carboxylic acids is 1. The fourth-order valence-corrected chi connectivity index (χ4v) is 6.48. The minimum Gasteiger partial charge on any atom is -0.464 e. The van der Waals surface area contributed by atoms with E-state index < -0.39 is 0 Å². The molecule has 7 rings (SSSR count). The van der Waals surface area contributed by atoms with Crippen LogP contribution in [0.25, 0.3) is 11.1 Å². The second kappa shape index (κ2) is 11.7. The second-order valence-electron chi connectivity index (χ2n) is 11.2. The van der Waals surface area contributed by atoms with Gasteiger partial charge in [0.25, 0.3) is 0 Å². The van der Waals surface area contributed by atoms with Crippen molar-refractivity contribution in [2.24, 2.45) is 5.92 Å². The van der Waals surface area contributed by atoms with E-state index in [1.807, 2.05) is 12.3 Å². The molecule has 2 heterocycles. The Morgan fingerprint density at radius 1 is 0.857 bits per heavy atom. The molecule has 210 valence electrons. The van der Waals surface area contributed by atoms with Crippen molar-refractivity contribution in [2.75, 3.05) is 24.7 Å². The molecule has 6 nitrogen and oxygen atoms in total. The molecular weight excluding hydrogens is 520 g/mol. The summed E-state index contributed by atoms with van der Waals surface area (Å²) in [7, 11) is 0. The molecule has 0 radical (unpaired) electrons. The van der Waals surface area contributed by atoms with Gasteiger partial charge in [-0.1, -0.05) is 97.1 Å². The third-order valence-electron chi connectivity index (χ3n) is 8.57. The van der Waals surface area contributed by atoms with Crippen molar-refractivity contribution < 1.29 is 9.53 Å². The minimum absolute atomic E-state index is 0.0467. The molecule has 0 saturated heterocycles. The van der Waals surface area contributed by atoms with E-state index >= 15 is 0 Å². The van der Waals surface area contributed by atoms with Gasteiger partial charge < -0.3 is 9.72 Å². The van der Waals surface area contributed by atoms with Crippen LogP contribution in [0.4, 0.5) is 5.69 Å². The Balaban J connectivity index is 1.15. The first kappa shape index (κ1) is 26.2. The Morgan fingerprint density at radius 3 is 2.29 bits per heavy atom. The number of esters is 1. The van der Waals surface area contributed by atoms with Crippen molar-refractivity contribution >= 4 is 11.7 Å². The molecule has 0 saturated carbocycles. The summed E-state index contributed by atoms with van der Waals surface area (Å²) in [5, 5.41) is 4.63. The average molecular weight is 555 g/mol. The van der Waals surface area contributed by atoms with E-state index in [0.717, 1.165) is 29.9 Å². The number of aromatic nitrogens is 2. The Hall–Kier alpha value is -4.68. The first-order valence-electron chi connectivity index (χ1n) is 14.7. The van der Waals surface area contributed by atoms with Crippen molar-refractivity contribution in [3.8, 4) is 11.1 Å². The zero-order valence-corrected chi connectivity index (χ0v) is 23.5. The number of fused-ring (bicyclic) bond motifs is 4. The number of para-hydroxylation sites is 1. The predicted molar refractivity (Wildman–Crippen MR) is 165 cm³/mol. The van der Waals surface area contributed by atoms with E-state index in [9.17, 15) is 4.79 Å². The summed E-state index contributed by atoms with van der Waals surface area (Å²) in [4.78, 5) is 21.4. The molecule has 0 fully saturated rings. The summed E-state index contributed by atoms with van der Waals surface area (Å²) in [5.41, 5.74) is 9.49. The summed E-state index contributed by atoms with van der Waals surface area (Å²) in [6, 6.07) is 35.9. The summed E-state index contributed by atoms with van der Waals surface area (Å²) in [6.45, 7) is 2.34. The van der Waals surface area contributed by atoms with Gasteiger partial charge in [0.15, 0.2) is 0 Å². The Bertz CT molecular complexity index is 1620. The highest BCUT2D eigenvalue weighted by Crippen LogP contribution is 2.44. The van der Waals surface area contributed by atoms with Crippen LogP contribution in [-0.2, 0) is 28.9 Å². The quantitative estimate of drug-likeness (QED) is 0.225. The van der Waals surface area contributed by atoms with E-state index in [0.29, 0.717) is 26.1 Å². The SMILES string of the molecule is O=C(OCC1c2ccccc2-c2ccccc21)C1Cc2ccccc2N(Cc2cnc[nH]2)N(CCc2ccccc2)C1. The first-order valence-corrected chi connectivity index (χ1v) is 14.7. The number of benzene rings is 4. The number of carbonyl (C=O) groups is 1. The summed E-state index contributed by atoms with van der Waals surface area (Å²) >= 11 is 0. The summed E-state index contributed by atoms with van der Waals surface area (Å²) in [5.74, 6) is -0.383. The van der Waals surface area contributed by atoms with Gasteiger partial charge in [0.2, 0.25) is 0 Å². The lowest BCUT2D eigenvalue weighted by Gasteiger charge is -2.36. The molecule has 5 aromatic rings. The number of nitrogens with zero attached hydrogens (tertiary/aromatic N) is 3. The second-order valence-corrected chi connectivity index (χ2v) is 11.2. The van der Waals surface area contributed by atoms with Gasteiger partial charge in [-0.25, -0.2) is 9.99 Å². The molecule has 6 heteroatoms. The topological polar surface area (TPSA) is 61.5 Å². The first-order chi connectivity index (χ1) is 20.7. The predicted octanol–water partition coefficient (Wildman–Crippen LogP) is 6.40. The van der Waals surface area contributed by atoms with Crippen LogP contribution in [0.2, 0.25) is 0 Å². The minimum atomic E-state index is -0.291. The smallest absolute Gasteiger partial charge is 0.310 e. The number of hydrazine groups is 1. The normalized spacial score (nSPS) is 16.4. The van der Waals surface area contributed by atoms with Gasteiger partial charge in [0.05, 0.1) is 30.2 Å². The number of rotatable bonds is 8.